The Kier molecular flexibility index (Phi) is 9.04. The van der Waals surface area contributed by atoms with Gasteiger partial charge >= 0.3 is 0 Å². The van der Waals surface area contributed by atoms with Gasteiger partial charge in [0.2, 0.25) is 0 Å². The zero-order valence-electron chi connectivity index (χ0n) is 20.0. The van der Waals surface area contributed by atoms with Gasteiger partial charge < -0.3 is 9.47 Å². The number of hydrogen-bond acceptors (Lipinski definition) is 8. The molecule has 0 aliphatic heterocycles. The number of benzene rings is 3. The fourth-order valence-corrected chi connectivity index (χ4v) is 5.25. The lowest BCUT2D eigenvalue weighted by molar-refractivity contribution is -0.387. The molecule has 0 heterocycles. The van der Waals surface area contributed by atoms with Crippen LogP contribution in [0.2, 0.25) is 0 Å². The first-order chi connectivity index (χ1) is 17.6. The molecular formula is C24H23IN4O7S. The summed E-state index contributed by atoms with van der Waals surface area (Å²) in [5, 5.41) is 15.6. The lowest BCUT2D eigenvalue weighted by Gasteiger charge is -2.25. The first-order valence-corrected chi connectivity index (χ1v) is 13.2. The number of nitro groups is 1. The Morgan fingerprint density at radius 2 is 1.76 bits per heavy atom. The molecule has 3 rings (SSSR count). The first-order valence-electron chi connectivity index (χ1n) is 10.7. The van der Waals surface area contributed by atoms with Crippen LogP contribution in [-0.4, -0.2) is 45.7 Å². The zero-order chi connectivity index (χ0) is 27.2. The van der Waals surface area contributed by atoms with Gasteiger partial charge in [0.15, 0.2) is 4.90 Å². The third-order valence-electron chi connectivity index (χ3n) is 5.18. The van der Waals surface area contributed by atoms with Crippen molar-refractivity contribution in [1.29, 1.82) is 0 Å². The van der Waals surface area contributed by atoms with E-state index in [1.807, 2.05) is 24.3 Å². The zero-order valence-corrected chi connectivity index (χ0v) is 23.0. The van der Waals surface area contributed by atoms with E-state index in [2.05, 4.69) is 33.1 Å². The Morgan fingerprint density at radius 3 is 2.38 bits per heavy atom. The van der Waals surface area contributed by atoms with E-state index in [1.165, 1.54) is 44.6 Å². The normalized spacial score (nSPS) is 11.5. The van der Waals surface area contributed by atoms with Crippen molar-refractivity contribution in [3.05, 3.63) is 86.0 Å². The van der Waals surface area contributed by atoms with Crippen molar-refractivity contribution in [3.63, 3.8) is 0 Å². The molecule has 1 amide bonds. The van der Waals surface area contributed by atoms with Gasteiger partial charge in [0.1, 0.15) is 18.0 Å². The molecule has 194 valence electrons. The van der Waals surface area contributed by atoms with Crippen molar-refractivity contribution < 1.29 is 27.6 Å². The Bertz CT molecular complexity index is 1440. The quantitative estimate of drug-likeness (QED) is 0.154. The van der Waals surface area contributed by atoms with Gasteiger partial charge in [-0.2, -0.15) is 5.10 Å². The van der Waals surface area contributed by atoms with Crippen molar-refractivity contribution in [2.45, 2.75) is 11.8 Å². The fourth-order valence-electron chi connectivity index (χ4n) is 3.30. The monoisotopic (exact) mass is 638 g/mol. The van der Waals surface area contributed by atoms with Crippen LogP contribution in [0, 0.1) is 13.7 Å². The van der Waals surface area contributed by atoms with Crippen LogP contribution in [0.25, 0.3) is 0 Å². The predicted molar refractivity (Wildman–Crippen MR) is 147 cm³/mol. The summed E-state index contributed by atoms with van der Waals surface area (Å²) in [5.74, 6) is -0.316. The average molecular weight is 638 g/mol. The fraction of sp³-hybridized carbons (Fsp3) is 0.167. The Labute approximate surface area is 227 Å². The molecule has 0 radical (unpaired) electrons. The number of amides is 1. The number of para-hydroxylation sites is 1. The number of carbonyl (C=O) groups excluding carboxylic acids is 1. The molecule has 0 unspecified atom stereocenters. The topological polar surface area (TPSA) is 140 Å². The number of sulfonamides is 1. The molecule has 0 aliphatic rings. The van der Waals surface area contributed by atoms with E-state index >= 15 is 0 Å². The van der Waals surface area contributed by atoms with Crippen molar-refractivity contribution in [2.24, 2.45) is 5.10 Å². The number of methoxy groups -OCH3 is 2. The van der Waals surface area contributed by atoms with Crippen molar-refractivity contribution >= 4 is 55.6 Å². The maximum atomic E-state index is 13.7. The van der Waals surface area contributed by atoms with Gasteiger partial charge in [0, 0.05) is 15.7 Å². The number of nitro benzene ring substituents is 1. The summed E-state index contributed by atoms with van der Waals surface area (Å²) in [7, 11) is -1.86. The molecule has 0 aliphatic carbocycles. The molecule has 1 N–H and O–H groups in total. The molecule has 0 saturated carbocycles. The van der Waals surface area contributed by atoms with E-state index in [0.717, 1.165) is 25.6 Å². The maximum Gasteiger partial charge on any atom is 0.289 e. The van der Waals surface area contributed by atoms with Crippen LogP contribution in [0.5, 0.6) is 11.5 Å². The lowest BCUT2D eigenvalue weighted by atomic mass is 10.1. The standard InChI is InChI=1S/C24H23IN4O7S/c1-16(17-8-10-18(25)11-9-17)26-27-24(30)15-28(20-13-12-19(35-2)14-22(20)36-3)37(33,34)23-7-5-4-6-21(23)29(31)32/h4-14H,15H2,1-3H3,(H,27,30)/b26-16-. The highest BCUT2D eigenvalue weighted by molar-refractivity contribution is 14.1. The van der Waals surface area contributed by atoms with E-state index in [-0.39, 0.29) is 11.4 Å². The van der Waals surface area contributed by atoms with E-state index in [1.54, 1.807) is 6.92 Å². The van der Waals surface area contributed by atoms with Gasteiger partial charge in [0.05, 0.1) is 30.5 Å². The number of nitrogens with one attached hydrogen (secondary N) is 1. The van der Waals surface area contributed by atoms with Crippen molar-refractivity contribution in [1.82, 2.24) is 5.43 Å². The minimum absolute atomic E-state index is 0.0186. The first kappa shape index (κ1) is 27.9. The van der Waals surface area contributed by atoms with E-state index in [4.69, 9.17) is 9.47 Å². The molecule has 0 fully saturated rings. The van der Waals surface area contributed by atoms with Gasteiger partial charge in [-0.05, 0) is 65.4 Å². The smallest absolute Gasteiger partial charge is 0.289 e. The highest BCUT2D eigenvalue weighted by Crippen LogP contribution is 2.37. The van der Waals surface area contributed by atoms with Crippen LogP contribution in [-0.2, 0) is 14.8 Å². The lowest BCUT2D eigenvalue weighted by Crippen LogP contribution is -2.40. The molecular weight excluding hydrogens is 615 g/mol. The third kappa shape index (κ3) is 6.54. The second-order valence-electron chi connectivity index (χ2n) is 7.51. The summed E-state index contributed by atoms with van der Waals surface area (Å²) < 4.78 is 39.7. The number of halogens is 1. The largest absolute Gasteiger partial charge is 0.497 e. The molecule has 0 saturated heterocycles. The molecule has 0 bridgehead atoms. The Hall–Kier alpha value is -3.72. The van der Waals surface area contributed by atoms with Gasteiger partial charge in [-0.1, -0.05) is 24.3 Å². The number of ether oxygens (including phenoxy) is 2. The van der Waals surface area contributed by atoms with Crippen molar-refractivity contribution in [3.8, 4) is 11.5 Å². The van der Waals surface area contributed by atoms with E-state index in [9.17, 15) is 23.3 Å². The molecule has 3 aromatic rings. The van der Waals surface area contributed by atoms with E-state index in [0.29, 0.717) is 11.5 Å². The van der Waals surface area contributed by atoms with Gasteiger partial charge in [-0.25, -0.2) is 13.8 Å². The maximum absolute atomic E-state index is 13.7. The number of hydrazone groups is 1. The van der Waals surface area contributed by atoms with Gasteiger partial charge in [-0.3, -0.25) is 19.2 Å². The Balaban J connectivity index is 2.03. The summed E-state index contributed by atoms with van der Waals surface area (Å²) in [5.41, 5.74) is 2.97. The SMILES string of the molecule is COc1ccc(N(CC(=O)N/N=C(/C)c2ccc(I)cc2)S(=O)(=O)c2ccccc2[N+](=O)[O-])c(OC)c1. The van der Waals surface area contributed by atoms with Gasteiger partial charge in [-0.15, -0.1) is 0 Å². The van der Waals surface area contributed by atoms with Crippen LogP contribution in [0.15, 0.2) is 76.7 Å². The van der Waals surface area contributed by atoms with Crippen LogP contribution >= 0.6 is 22.6 Å². The second kappa shape index (κ2) is 12.0. The van der Waals surface area contributed by atoms with Crippen LogP contribution in [0.3, 0.4) is 0 Å². The molecule has 0 aromatic heterocycles. The summed E-state index contributed by atoms with van der Waals surface area (Å²) in [4.78, 5) is 23.1. The third-order valence-corrected chi connectivity index (χ3v) is 7.71. The molecule has 13 heteroatoms. The highest BCUT2D eigenvalue weighted by atomic mass is 127. The van der Waals surface area contributed by atoms with Crippen LogP contribution in [0.4, 0.5) is 11.4 Å². The number of hydrogen-bond donors (Lipinski definition) is 1. The van der Waals surface area contributed by atoms with E-state index < -0.39 is 38.0 Å². The van der Waals surface area contributed by atoms with Crippen LogP contribution in [0.1, 0.15) is 12.5 Å². The van der Waals surface area contributed by atoms with Gasteiger partial charge in [0.25, 0.3) is 21.6 Å². The molecule has 0 spiro atoms. The second-order valence-corrected chi connectivity index (χ2v) is 10.6. The van der Waals surface area contributed by atoms with Crippen molar-refractivity contribution in [2.75, 3.05) is 25.1 Å². The Morgan fingerprint density at radius 1 is 1.08 bits per heavy atom. The average Bonchev–Trinajstić information content (AvgIpc) is 2.90. The molecule has 11 nitrogen and oxygen atoms in total. The number of carbonyl (C=O) groups is 1. The number of anilines is 1. The summed E-state index contributed by atoms with van der Waals surface area (Å²) in [6, 6.07) is 16.6. The molecule has 3 aromatic carbocycles. The van der Waals surface area contributed by atoms with Crippen LogP contribution < -0.4 is 19.2 Å². The highest BCUT2D eigenvalue weighted by Gasteiger charge is 2.34. The minimum Gasteiger partial charge on any atom is -0.497 e. The minimum atomic E-state index is -4.61. The number of nitrogens with zero attached hydrogens (tertiary/aromatic N) is 3. The summed E-state index contributed by atoms with van der Waals surface area (Å²) >= 11 is 2.17. The molecule has 0 atom stereocenters. The summed E-state index contributed by atoms with van der Waals surface area (Å²) in [6.45, 7) is 0.956. The predicted octanol–water partition coefficient (Wildman–Crippen LogP) is 3.95. The number of rotatable bonds is 10. The summed E-state index contributed by atoms with van der Waals surface area (Å²) in [6.07, 6.45) is 0. The molecule has 37 heavy (non-hydrogen) atoms.